The first-order chi connectivity index (χ1) is 9.78. The van der Waals surface area contributed by atoms with E-state index >= 15 is 0 Å². The Labute approximate surface area is 142 Å². The molecule has 0 aliphatic carbocycles. The molecule has 1 amide bonds. The van der Waals surface area contributed by atoms with E-state index in [9.17, 15) is 4.79 Å². The normalized spacial score (nSPS) is 15.0. The highest BCUT2D eigenvalue weighted by atomic mass is 35.5. The van der Waals surface area contributed by atoms with Crippen LogP contribution in [0.2, 0.25) is 0 Å². The third-order valence-corrected chi connectivity index (χ3v) is 4.09. The maximum Gasteiger partial charge on any atom is 0.253 e. The van der Waals surface area contributed by atoms with Crippen molar-refractivity contribution >= 4 is 41.6 Å². The number of piperidine rings is 1. The quantitative estimate of drug-likeness (QED) is 0.913. The molecule has 0 unspecified atom stereocenters. The number of carbonyl (C=O) groups excluding carboxylic acids is 1. The SMILES string of the molecule is Cl.Cl.NCC1CCN(C(=O)c2ccc3ncccc3c2)CC1. The molecule has 1 saturated heterocycles. The van der Waals surface area contributed by atoms with E-state index in [-0.39, 0.29) is 30.7 Å². The van der Waals surface area contributed by atoms with Gasteiger partial charge >= 0.3 is 0 Å². The number of aromatic nitrogens is 1. The first kappa shape index (κ1) is 18.7. The van der Waals surface area contributed by atoms with Crippen LogP contribution in [0.3, 0.4) is 0 Å². The maximum absolute atomic E-state index is 12.5. The van der Waals surface area contributed by atoms with Crippen molar-refractivity contribution in [1.29, 1.82) is 0 Å². The topological polar surface area (TPSA) is 59.2 Å². The highest BCUT2D eigenvalue weighted by Gasteiger charge is 2.22. The van der Waals surface area contributed by atoms with Gasteiger partial charge in [0, 0.05) is 30.2 Å². The number of hydrogen-bond donors (Lipinski definition) is 1. The van der Waals surface area contributed by atoms with Crippen LogP contribution in [0, 0.1) is 5.92 Å². The number of nitrogens with zero attached hydrogens (tertiary/aromatic N) is 2. The molecule has 0 radical (unpaired) electrons. The number of nitrogens with two attached hydrogens (primary N) is 1. The second-order valence-corrected chi connectivity index (χ2v) is 5.38. The Kier molecular flexibility index (Phi) is 7.07. The smallest absolute Gasteiger partial charge is 0.253 e. The second kappa shape index (κ2) is 8.32. The number of fused-ring (bicyclic) bond motifs is 1. The number of hydrogen-bond acceptors (Lipinski definition) is 3. The van der Waals surface area contributed by atoms with Crippen molar-refractivity contribution in [3.8, 4) is 0 Å². The fraction of sp³-hybridized carbons (Fsp3) is 0.375. The molecule has 1 aromatic heterocycles. The molecule has 0 saturated carbocycles. The van der Waals surface area contributed by atoms with Crippen molar-refractivity contribution in [2.24, 2.45) is 11.7 Å². The zero-order chi connectivity index (χ0) is 13.9. The molecule has 3 rings (SSSR count). The third kappa shape index (κ3) is 3.88. The van der Waals surface area contributed by atoms with Crippen molar-refractivity contribution < 1.29 is 4.79 Å². The fourth-order valence-corrected chi connectivity index (χ4v) is 2.76. The molecule has 1 aliphatic rings. The minimum Gasteiger partial charge on any atom is -0.339 e. The van der Waals surface area contributed by atoms with Crippen molar-refractivity contribution in [3.05, 3.63) is 42.1 Å². The van der Waals surface area contributed by atoms with Crippen LogP contribution in [0.25, 0.3) is 10.9 Å². The van der Waals surface area contributed by atoms with Gasteiger partial charge in [0.25, 0.3) is 5.91 Å². The van der Waals surface area contributed by atoms with Crippen LogP contribution in [0.15, 0.2) is 36.5 Å². The summed E-state index contributed by atoms with van der Waals surface area (Å²) in [5, 5.41) is 1.01. The van der Waals surface area contributed by atoms with E-state index < -0.39 is 0 Å². The zero-order valence-electron chi connectivity index (χ0n) is 12.3. The Morgan fingerprint density at radius 1 is 1.23 bits per heavy atom. The van der Waals surface area contributed by atoms with Gasteiger partial charge in [0.1, 0.15) is 0 Å². The molecular weight excluding hydrogens is 321 g/mol. The number of rotatable bonds is 2. The van der Waals surface area contributed by atoms with Gasteiger partial charge in [-0.25, -0.2) is 0 Å². The lowest BCUT2D eigenvalue weighted by molar-refractivity contribution is 0.0693. The van der Waals surface area contributed by atoms with E-state index in [0.29, 0.717) is 5.92 Å². The van der Waals surface area contributed by atoms with E-state index in [0.717, 1.165) is 48.9 Å². The van der Waals surface area contributed by atoms with Crippen LogP contribution >= 0.6 is 24.8 Å². The summed E-state index contributed by atoms with van der Waals surface area (Å²) in [6.45, 7) is 2.35. The molecule has 4 nitrogen and oxygen atoms in total. The van der Waals surface area contributed by atoms with Gasteiger partial charge in [-0.1, -0.05) is 6.07 Å². The van der Waals surface area contributed by atoms with E-state index in [4.69, 9.17) is 5.73 Å². The monoisotopic (exact) mass is 341 g/mol. The van der Waals surface area contributed by atoms with Gasteiger partial charge in [0.05, 0.1) is 5.52 Å². The Morgan fingerprint density at radius 3 is 2.64 bits per heavy atom. The number of likely N-dealkylation sites (tertiary alicyclic amines) is 1. The zero-order valence-corrected chi connectivity index (χ0v) is 13.9. The van der Waals surface area contributed by atoms with Crippen LogP contribution < -0.4 is 5.73 Å². The average Bonchev–Trinajstić information content (AvgIpc) is 2.54. The number of halogens is 2. The van der Waals surface area contributed by atoms with Gasteiger partial charge in [0.2, 0.25) is 0 Å². The minimum absolute atomic E-state index is 0. The van der Waals surface area contributed by atoms with Crippen molar-refractivity contribution in [2.45, 2.75) is 12.8 Å². The summed E-state index contributed by atoms with van der Waals surface area (Å²) in [7, 11) is 0. The average molecular weight is 342 g/mol. The molecule has 0 bridgehead atoms. The van der Waals surface area contributed by atoms with Gasteiger partial charge in [-0.3, -0.25) is 9.78 Å². The molecule has 2 heterocycles. The summed E-state index contributed by atoms with van der Waals surface area (Å²) in [5.74, 6) is 0.686. The molecule has 1 aromatic carbocycles. The number of carbonyl (C=O) groups is 1. The summed E-state index contributed by atoms with van der Waals surface area (Å²) in [6.07, 6.45) is 3.79. The summed E-state index contributed by atoms with van der Waals surface area (Å²) in [6, 6.07) is 9.59. The molecule has 6 heteroatoms. The van der Waals surface area contributed by atoms with Crippen LogP contribution in [-0.2, 0) is 0 Å². The lowest BCUT2D eigenvalue weighted by Gasteiger charge is -2.31. The molecule has 22 heavy (non-hydrogen) atoms. The number of benzene rings is 1. The molecule has 120 valence electrons. The molecule has 0 atom stereocenters. The minimum atomic E-state index is 0. The summed E-state index contributed by atoms with van der Waals surface area (Å²) in [5.41, 5.74) is 7.36. The predicted molar refractivity (Wildman–Crippen MR) is 93.9 cm³/mol. The lowest BCUT2D eigenvalue weighted by Crippen LogP contribution is -2.40. The summed E-state index contributed by atoms with van der Waals surface area (Å²) in [4.78, 5) is 18.7. The maximum atomic E-state index is 12.5. The van der Waals surface area contributed by atoms with Crippen LogP contribution in [0.1, 0.15) is 23.2 Å². The second-order valence-electron chi connectivity index (χ2n) is 5.38. The molecular formula is C16H21Cl2N3O. The number of amides is 1. The molecule has 1 aliphatic heterocycles. The third-order valence-electron chi connectivity index (χ3n) is 4.09. The van der Waals surface area contributed by atoms with Crippen LogP contribution in [-0.4, -0.2) is 35.4 Å². The summed E-state index contributed by atoms with van der Waals surface area (Å²) < 4.78 is 0. The number of pyridine rings is 1. The van der Waals surface area contributed by atoms with Gasteiger partial charge in [-0.15, -0.1) is 24.8 Å². The van der Waals surface area contributed by atoms with Crippen molar-refractivity contribution in [3.63, 3.8) is 0 Å². The lowest BCUT2D eigenvalue weighted by atomic mass is 9.96. The van der Waals surface area contributed by atoms with Gasteiger partial charge in [-0.2, -0.15) is 0 Å². The Bertz CT molecular complexity index is 628. The highest BCUT2D eigenvalue weighted by Crippen LogP contribution is 2.20. The van der Waals surface area contributed by atoms with Crippen molar-refractivity contribution in [2.75, 3.05) is 19.6 Å². The molecule has 2 aromatic rings. The van der Waals surface area contributed by atoms with Gasteiger partial charge in [0.15, 0.2) is 0 Å². The fourth-order valence-electron chi connectivity index (χ4n) is 2.76. The first-order valence-electron chi connectivity index (χ1n) is 7.12. The molecule has 2 N–H and O–H groups in total. The van der Waals surface area contributed by atoms with Crippen molar-refractivity contribution in [1.82, 2.24) is 9.88 Å². The van der Waals surface area contributed by atoms with Gasteiger partial charge in [-0.05, 0) is 49.6 Å². The van der Waals surface area contributed by atoms with Gasteiger partial charge < -0.3 is 10.6 Å². The van der Waals surface area contributed by atoms with Crippen LogP contribution in [0.5, 0.6) is 0 Å². The standard InChI is InChI=1S/C16H19N3O.2ClH/c17-11-12-5-8-19(9-6-12)16(20)14-3-4-15-13(10-14)2-1-7-18-15;;/h1-4,7,10,12H,5-6,8-9,11,17H2;2*1H. The van der Waals surface area contributed by atoms with E-state index in [1.54, 1.807) is 6.20 Å². The van der Waals surface area contributed by atoms with E-state index in [1.807, 2.05) is 35.2 Å². The Morgan fingerprint density at radius 2 is 1.95 bits per heavy atom. The van der Waals surface area contributed by atoms with E-state index in [1.165, 1.54) is 0 Å². The van der Waals surface area contributed by atoms with E-state index in [2.05, 4.69) is 4.98 Å². The van der Waals surface area contributed by atoms with Crippen LogP contribution in [0.4, 0.5) is 0 Å². The first-order valence-corrected chi connectivity index (χ1v) is 7.12. The summed E-state index contributed by atoms with van der Waals surface area (Å²) >= 11 is 0. The molecule has 0 spiro atoms. The Balaban J connectivity index is 0.00000121. The highest BCUT2D eigenvalue weighted by molar-refractivity contribution is 5.98. The molecule has 1 fully saturated rings. The largest absolute Gasteiger partial charge is 0.339 e. The Hall–Kier alpha value is -1.36. The predicted octanol–water partition coefficient (Wildman–Crippen LogP) is 2.89.